The minimum absolute atomic E-state index is 0.0409. The van der Waals surface area contributed by atoms with Gasteiger partial charge in [0.2, 0.25) is 0 Å². The van der Waals surface area contributed by atoms with E-state index in [-0.39, 0.29) is 11.0 Å². The molecule has 4 fully saturated rings. The molecule has 14 heavy (non-hydrogen) atoms. The predicted octanol–water partition coefficient (Wildman–Crippen LogP) is 0.576. The summed E-state index contributed by atoms with van der Waals surface area (Å²) in [7, 11) is -0.755. The third-order valence-electron chi connectivity index (χ3n) is 3.98. The second kappa shape index (κ2) is 3.03. The Labute approximate surface area is 87.3 Å². The van der Waals surface area contributed by atoms with Crippen molar-refractivity contribution in [2.24, 2.45) is 5.92 Å². The van der Waals surface area contributed by atoms with Crippen molar-refractivity contribution in [1.82, 2.24) is 4.90 Å². The lowest BCUT2D eigenvalue weighted by Gasteiger charge is -2.50. The number of hydrogen-bond acceptors (Lipinski definition) is 3. The Bertz CT molecular complexity index is 275. The first-order valence-corrected chi connectivity index (χ1v) is 6.85. The zero-order valence-corrected chi connectivity index (χ0v) is 9.39. The van der Waals surface area contributed by atoms with E-state index < -0.39 is 10.8 Å². The molecule has 4 heteroatoms. The molecule has 2 bridgehead atoms. The fourth-order valence-electron chi connectivity index (χ4n) is 3.20. The van der Waals surface area contributed by atoms with Gasteiger partial charge in [0.25, 0.3) is 0 Å². The Kier molecular flexibility index (Phi) is 2.01. The minimum atomic E-state index is -0.755. The molecule has 0 N–H and O–H groups in total. The topological polar surface area (TPSA) is 29.5 Å². The first kappa shape index (κ1) is 9.31. The quantitative estimate of drug-likeness (QED) is 0.592. The monoisotopic (exact) mass is 215 g/mol. The van der Waals surface area contributed by atoms with Crippen LogP contribution in [-0.2, 0) is 15.5 Å². The van der Waals surface area contributed by atoms with E-state index in [0.717, 1.165) is 12.3 Å². The van der Waals surface area contributed by atoms with Gasteiger partial charge >= 0.3 is 0 Å². The lowest BCUT2D eigenvalue weighted by atomic mass is 9.76. The van der Waals surface area contributed by atoms with Crippen molar-refractivity contribution in [2.45, 2.75) is 30.8 Å². The number of rotatable bonds is 0. The summed E-state index contributed by atoms with van der Waals surface area (Å²) in [5.41, 5.74) is -0.0867. The third-order valence-corrected chi connectivity index (χ3v) is 5.59. The van der Waals surface area contributed by atoms with Crippen LogP contribution in [-0.4, -0.2) is 45.5 Å². The van der Waals surface area contributed by atoms with Crippen LogP contribution in [0.3, 0.4) is 0 Å². The van der Waals surface area contributed by atoms with Crippen LogP contribution in [0.25, 0.3) is 0 Å². The van der Waals surface area contributed by atoms with E-state index in [2.05, 4.69) is 4.90 Å². The van der Waals surface area contributed by atoms with Gasteiger partial charge in [0.05, 0.1) is 22.2 Å². The highest BCUT2D eigenvalue weighted by molar-refractivity contribution is 7.85. The minimum Gasteiger partial charge on any atom is -0.356 e. The Morgan fingerprint density at radius 2 is 2.14 bits per heavy atom. The molecule has 80 valence electrons. The van der Waals surface area contributed by atoms with Crippen molar-refractivity contribution < 1.29 is 8.95 Å². The molecule has 0 aliphatic carbocycles. The molecular formula is C10H17NO2S. The molecule has 4 aliphatic rings. The van der Waals surface area contributed by atoms with Gasteiger partial charge in [-0.05, 0) is 38.8 Å². The van der Waals surface area contributed by atoms with Crippen LogP contribution >= 0.6 is 0 Å². The van der Waals surface area contributed by atoms with Crippen molar-refractivity contribution in [2.75, 3.05) is 25.4 Å². The summed E-state index contributed by atoms with van der Waals surface area (Å²) in [5.74, 6) is 1.44. The predicted molar refractivity (Wildman–Crippen MR) is 55.5 cm³/mol. The molecule has 4 rings (SSSR count). The summed E-state index contributed by atoms with van der Waals surface area (Å²) >= 11 is 0. The average Bonchev–Trinajstić information content (AvgIpc) is 2.43. The summed E-state index contributed by atoms with van der Waals surface area (Å²) in [5, 5.41) is 0. The van der Waals surface area contributed by atoms with Crippen molar-refractivity contribution in [3.05, 3.63) is 0 Å². The molecule has 3 atom stereocenters. The highest BCUT2D eigenvalue weighted by Crippen LogP contribution is 2.43. The molecule has 0 aromatic rings. The van der Waals surface area contributed by atoms with Crippen molar-refractivity contribution in [1.29, 1.82) is 0 Å². The van der Waals surface area contributed by atoms with Gasteiger partial charge in [-0.25, -0.2) is 0 Å². The van der Waals surface area contributed by atoms with Crippen LogP contribution in [0, 0.1) is 5.92 Å². The maximum atomic E-state index is 11.7. The maximum Gasteiger partial charge on any atom is 0.130 e. The van der Waals surface area contributed by atoms with Gasteiger partial charge in [0.15, 0.2) is 0 Å². The van der Waals surface area contributed by atoms with Crippen LogP contribution in [0.15, 0.2) is 0 Å². The standard InChI is InChI=1S/C10H17NO2S/c1-8-13-10(7-14(8)12)6-11-4-2-9(10)3-5-11/h8-9H,2-7H2,1H3/t8-,10-,14?/m1/s1. The second-order valence-corrected chi connectivity index (χ2v) is 6.54. The summed E-state index contributed by atoms with van der Waals surface area (Å²) in [4.78, 5) is 2.47. The van der Waals surface area contributed by atoms with Gasteiger partial charge in [0.1, 0.15) is 5.44 Å². The molecule has 3 nitrogen and oxygen atoms in total. The molecule has 4 heterocycles. The Morgan fingerprint density at radius 3 is 2.57 bits per heavy atom. The van der Waals surface area contributed by atoms with Crippen LogP contribution < -0.4 is 0 Å². The smallest absolute Gasteiger partial charge is 0.130 e. The van der Waals surface area contributed by atoms with E-state index in [9.17, 15) is 4.21 Å². The second-order valence-electron chi connectivity index (χ2n) is 4.83. The summed E-state index contributed by atoms with van der Waals surface area (Å²) in [6, 6.07) is 0. The van der Waals surface area contributed by atoms with Gasteiger partial charge in [-0.15, -0.1) is 0 Å². The van der Waals surface area contributed by atoms with E-state index in [4.69, 9.17) is 4.74 Å². The van der Waals surface area contributed by atoms with Gasteiger partial charge in [0, 0.05) is 6.54 Å². The largest absolute Gasteiger partial charge is 0.356 e. The molecule has 1 spiro atoms. The first-order valence-electron chi connectivity index (χ1n) is 5.47. The lowest BCUT2D eigenvalue weighted by molar-refractivity contribution is -0.133. The van der Waals surface area contributed by atoms with E-state index in [0.29, 0.717) is 5.92 Å². The van der Waals surface area contributed by atoms with Crippen molar-refractivity contribution in [3.63, 3.8) is 0 Å². The number of fused-ring (bicyclic) bond motifs is 2. The molecule has 1 unspecified atom stereocenters. The molecule has 0 amide bonds. The molecule has 4 aliphatic heterocycles. The van der Waals surface area contributed by atoms with Gasteiger partial charge < -0.3 is 9.64 Å². The molecule has 4 saturated heterocycles. The summed E-state index contributed by atoms with van der Waals surface area (Å²) in [6.07, 6.45) is 2.48. The molecule has 0 aromatic heterocycles. The fraction of sp³-hybridized carbons (Fsp3) is 1.00. The zero-order valence-electron chi connectivity index (χ0n) is 8.57. The molecule has 0 aromatic carbocycles. The third kappa shape index (κ3) is 1.20. The number of ether oxygens (including phenoxy) is 1. The lowest BCUT2D eigenvalue weighted by Crippen LogP contribution is -2.60. The number of piperidine rings is 3. The van der Waals surface area contributed by atoms with Crippen molar-refractivity contribution in [3.8, 4) is 0 Å². The Hall–Kier alpha value is 0.0700. The average molecular weight is 215 g/mol. The number of nitrogens with zero attached hydrogens (tertiary/aromatic N) is 1. The van der Waals surface area contributed by atoms with Gasteiger partial charge in [-0.3, -0.25) is 4.21 Å². The van der Waals surface area contributed by atoms with Crippen LogP contribution in [0.5, 0.6) is 0 Å². The molecular weight excluding hydrogens is 198 g/mol. The highest BCUT2D eigenvalue weighted by Gasteiger charge is 2.53. The van der Waals surface area contributed by atoms with Crippen molar-refractivity contribution >= 4 is 10.8 Å². The SMILES string of the molecule is C[C@@H]1O[C@]2(CN3CCC2CC3)CS1=O. The van der Waals surface area contributed by atoms with Gasteiger partial charge in [-0.1, -0.05) is 0 Å². The Morgan fingerprint density at radius 1 is 1.43 bits per heavy atom. The van der Waals surface area contributed by atoms with E-state index in [1.807, 2.05) is 6.92 Å². The number of hydrogen-bond donors (Lipinski definition) is 0. The van der Waals surface area contributed by atoms with Crippen LogP contribution in [0.1, 0.15) is 19.8 Å². The highest BCUT2D eigenvalue weighted by atomic mass is 32.2. The van der Waals surface area contributed by atoms with E-state index >= 15 is 0 Å². The van der Waals surface area contributed by atoms with E-state index in [1.54, 1.807) is 0 Å². The van der Waals surface area contributed by atoms with E-state index in [1.165, 1.54) is 25.9 Å². The first-order chi connectivity index (χ1) is 6.70. The molecule has 0 saturated carbocycles. The zero-order chi connectivity index (χ0) is 9.76. The normalized spacial score (nSPS) is 56.9. The van der Waals surface area contributed by atoms with Gasteiger partial charge in [-0.2, -0.15) is 0 Å². The fourth-order valence-corrected chi connectivity index (χ4v) is 4.61. The van der Waals surface area contributed by atoms with Crippen LogP contribution in [0.4, 0.5) is 0 Å². The van der Waals surface area contributed by atoms with Crippen LogP contribution in [0.2, 0.25) is 0 Å². The maximum absolute atomic E-state index is 11.7. The molecule has 0 radical (unpaired) electrons. The Balaban J connectivity index is 1.87. The summed E-state index contributed by atoms with van der Waals surface area (Å²) < 4.78 is 17.7. The summed E-state index contributed by atoms with van der Waals surface area (Å²) in [6.45, 7) is 5.41.